The molecule has 0 aromatic carbocycles. The summed E-state index contributed by atoms with van der Waals surface area (Å²) < 4.78 is 2.06. The van der Waals surface area contributed by atoms with E-state index in [1.165, 1.54) is 5.70 Å². The second-order valence-electron chi connectivity index (χ2n) is 3.28. The highest BCUT2D eigenvalue weighted by atomic mass is 15.1. The first-order valence-corrected chi connectivity index (χ1v) is 4.58. The molecule has 0 saturated heterocycles. The fourth-order valence-corrected chi connectivity index (χ4v) is 1.72. The normalized spacial score (nSPS) is 18.0. The second-order valence-corrected chi connectivity index (χ2v) is 3.28. The Hall–Kier alpha value is -1.90. The van der Waals surface area contributed by atoms with E-state index >= 15 is 0 Å². The Kier molecular flexibility index (Phi) is 1.50. The van der Waals surface area contributed by atoms with Gasteiger partial charge in [-0.3, -0.25) is 9.56 Å². The van der Waals surface area contributed by atoms with Gasteiger partial charge in [0.1, 0.15) is 0 Å². The van der Waals surface area contributed by atoms with Gasteiger partial charge in [-0.05, 0) is 6.42 Å². The molecule has 0 N–H and O–H groups in total. The van der Waals surface area contributed by atoms with E-state index in [9.17, 15) is 0 Å². The number of allylic oxidation sites excluding steroid dienone is 5. The van der Waals surface area contributed by atoms with Crippen LogP contribution in [-0.2, 0) is 0 Å². The molecule has 1 aromatic heterocycles. The number of nitrogens with zero attached hydrogens (tertiary/aromatic N) is 3. The molecule has 68 valence electrons. The standard InChI is InChI=1S/C11H9N3/c1-2-4-11-9(3-1)5-12-6-10-7-13-8-14(10)11/h1,3-8H,2H2. The molecule has 3 heteroatoms. The number of hydrogen-bond acceptors (Lipinski definition) is 2. The van der Waals surface area contributed by atoms with Gasteiger partial charge in [-0.2, -0.15) is 0 Å². The van der Waals surface area contributed by atoms with E-state index in [0.29, 0.717) is 0 Å². The Morgan fingerprint density at radius 3 is 3.36 bits per heavy atom. The van der Waals surface area contributed by atoms with Gasteiger partial charge in [0.2, 0.25) is 0 Å². The average Bonchev–Trinajstić information content (AvgIpc) is 2.61. The molecule has 0 bridgehead atoms. The highest BCUT2D eigenvalue weighted by Gasteiger charge is 2.12. The molecular formula is C11H9N3. The lowest BCUT2D eigenvalue weighted by atomic mass is 10.1. The molecule has 1 aliphatic heterocycles. The van der Waals surface area contributed by atoms with Crippen LogP contribution >= 0.6 is 0 Å². The highest BCUT2D eigenvalue weighted by Crippen LogP contribution is 2.25. The van der Waals surface area contributed by atoms with Gasteiger partial charge in [0, 0.05) is 11.8 Å². The summed E-state index contributed by atoms with van der Waals surface area (Å²) in [5.74, 6) is 0. The molecule has 0 unspecified atom stereocenters. The largest absolute Gasteiger partial charge is 0.298 e. The van der Waals surface area contributed by atoms with Crippen LogP contribution < -0.4 is 0 Å². The number of fused-ring (bicyclic) bond motifs is 3. The fraction of sp³-hybridized carbons (Fsp3) is 0.0909. The van der Waals surface area contributed by atoms with Crippen LogP contribution in [-0.4, -0.2) is 15.8 Å². The van der Waals surface area contributed by atoms with Crippen molar-refractivity contribution >= 4 is 11.9 Å². The van der Waals surface area contributed by atoms with Gasteiger partial charge in [-0.1, -0.05) is 18.2 Å². The maximum absolute atomic E-state index is 4.23. The monoisotopic (exact) mass is 183 g/mol. The summed E-state index contributed by atoms with van der Waals surface area (Å²) in [7, 11) is 0. The van der Waals surface area contributed by atoms with Crippen molar-refractivity contribution in [1.29, 1.82) is 0 Å². The van der Waals surface area contributed by atoms with Crippen molar-refractivity contribution in [3.8, 4) is 0 Å². The average molecular weight is 183 g/mol. The first-order chi connectivity index (χ1) is 6.95. The predicted octanol–water partition coefficient (Wildman–Crippen LogP) is 2.00. The molecule has 14 heavy (non-hydrogen) atoms. The van der Waals surface area contributed by atoms with E-state index in [2.05, 4.69) is 32.8 Å². The lowest BCUT2D eigenvalue weighted by Crippen LogP contribution is -2.02. The molecule has 0 atom stereocenters. The van der Waals surface area contributed by atoms with Gasteiger partial charge >= 0.3 is 0 Å². The lowest BCUT2D eigenvalue weighted by Gasteiger charge is -2.12. The van der Waals surface area contributed by atoms with Crippen LogP contribution in [0.3, 0.4) is 0 Å². The topological polar surface area (TPSA) is 30.2 Å². The Morgan fingerprint density at radius 2 is 2.36 bits per heavy atom. The first-order valence-electron chi connectivity index (χ1n) is 4.58. The number of hydrogen-bond donors (Lipinski definition) is 0. The first kappa shape index (κ1) is 7.50. The molecule has 0 amide bonds. The molecule has 2 heterocycles. The maximum atomic E-state index is 4.23. The van der Waals surface area contributed by atoms with Crippen LogP contribution in [0.4, 0.5) is 0 Å². The van der Waals surface area contributed by atoms with Crippen molar-refractivity contribution in [2.75, 3.05) is 0 Å². The van der Waals surface area contributed by atoms with E-state index < -0.39 is 0 Å². The van der Waals surface area contributed by atoms with E-state index in [-0.39, 0.29) is 0 Å². The van der Waals surface area contributed by atoms with E-state index in [4.69, 9.17) is 0 Å². The third-order valence-electron chi connectivity index (χ3n) is 2.39. The zero-order valence-electron chi connectivity index (χ0n) is 7.59. The molecule has 0 saturated carbocycles. The molecule has 0 spiro atoms. The van der Waals surface area contributed by atoms with Crippen LogP contribution in [0.5, 0.6) is 0 Å². The number of aromatic nitrogens is 2. The Morgan fingerprint density at radius 1 is 1.36 bits per heavy atom. The highest BCUT2D eigenvalue weighted by molar-refractivity contribution is 5.84. The minimum atomic E-state index is 0.976. The van der Waals surface area contributed by atoms with Crippen LogP contribution in [0.25, 0.3) is 5.70 Å². The maximum Gasteiger partial charge on any atom is 0.0997 e. The smallest absolute Gasteiger partial charge is 0.0997 e. The van der Waals surface area contributed by atoms with Gasteiger partial charge in [0.05, 0.1) is 30.1 Å². The summed E-state index contributed by atoms with van der Waals surface area (Å²) in [5.41, 5.74) is 3.35. The predicted molar refractivity (Wildman–Crippen MR) is 55.9 cm³/mol. The van der Waals surface area contributed by atoms with Crippen molar-refractivity contribution in [2.45, 2.75) is 6.42 Å². The molecular weight excluding hydrogens is 174 g/mol. The molecule has 0 fully saturated rings. The van der Waals surface area contributed by atoms with Crippen molar-refractivity contribution in [1.82, 2.24) is 9.55 Å². The van der Waals surface area contributed by atoms with Crippen molar-refractivity contribution < 1.29 is 0 Å². The van der Waals surface area contributed by atoms with E-state index in [0.717, 1.165) is 17.7 Å². The van der Waals surface area contributed by atoms with E-state index in [1.807, 2.05) is 24.9 Å². The molecule has 2 aliphatic rings. The zero-order chi connectivity index (χ0) is 9.38. The Bertz CT molecular complexity index is 486. The summed E-state index contributed by atoms with van der Waals surface area (Å²) in [6.07, 6.45) is 14.7. The van der Waals surface area contributed by atoms with Crippen molar-refractivity contribution in [3.63, 3.8) is 0 Å². The minimum absolute atomic E-state index is 0.976. The summed E-state index contributed by atoms with van der Waals surface area (Å²) in [6.45, 7) is 0. The third kappa shape index (κ3) is 0.988. The van der Waals surface area contributed by atoms with Crippen LogP contribution in [0, 0.1) is 0 Å². The van der Waals surface area contributed by atoms with E-state index in [1.54, 1.807) is 0 Å². The summed E-state index contributed by atoms with van der Waals surface area (Å²) >= 11 is 0. The fourth-order valence-electron chi connectivity index (χ4n) is 1.72. The Balaban J connectivity index is 2.24. The second kappa shape index (κ2) is 2.80. The van der Waals surface area contributed by atoms with Gasteiger partial charge in [0.25, 0.3) is 0 Å². The molecule has 0 radical (unpaired) electrons. The molecule has 3 rings (SSSR count). The van der Waals surface area contributed by atoms with Crippen LogP contribution in [0.2, 0.25) is 0 Å². The van der Waals surface area contributed by atoms with Crippen LogP contribution in [0.15, 0.2) is 47.5 Å². The molecule has 1 aromatic rings. The van der Waals surface area contributed by atoms with Gasteiger partial charge < -0.3 is 0 Å². The van der Waals surface area contributed by atoms with Gasteiger partial charge in [-0.25, -0.2) is 4.98 Å². The van der Waals surface area contributed by atoms with Crippen molar-refractivity contribution in [3.05, 3.63) is 48.2 Å². The number of aliphatic imine (C=N–C) groups is 1. The van der Waals surface area contributed by atoms with Crippen LogP contribution in [0.1, 0.15) is 12.1 Å². The molecule has 1 aliphatic carbocycles. The minimum Gasteiger partial charge on any atom is -0.298 e. The number of rotatable bonds is 0. The zero-order valence-corrected chi connectivity index (χ0v) is 7.59. The molecule has 3 nitrogen and oxygen atoms in total. The summed E-state index contributed by atoms with van der Waals surface area (Å²) in [5, 5.41) is 0. The summed E-state index contributed by atoms with van der Waals surface area (Å²) in [6, 6.07) is 0. The van der Waals surface area contributed by atoms with Gasteiger partial charge in [0.15, 0.2) is 0 Å². The SMILES string of the molecule is C1=CC2=CN=Cc3cncn3C2=CC1. The lowest BCUT2D eigenvalue weighted by molar-refractivity contribution is 1.06. The summed E-state index contributed by atoms with van der Waals surface area (Å²) in [4.78, 5) is 8.34. The Labute approximate surface area is 81.8 Å². The number of imidazole rings is 1. The van der Waals surface area contributed by atoms with Crippen molar-refractivity contribution in [2.24, 2.45) is 4.99 Å². The quantitative estimate of drug-likeness (QED) is 0.605. The third-order valence-corrected chi connectivity index (χ3v) is 2.39. The van der Waals surface area contributed by atoms with Gasteiger partial charge in [-0.15, -0.1) is 0 Å².